The van der Waals surface area contributed by atoms with Crippen LogP contribution >= 0.6 is 0 Å². The van der Waals surface area contributed by atoms with Gasteiger partial charge in [0.1, 0.15) is 12.5 Å². The van der Waals surface area contributed by atoms with Crippen molar-refractivity contribution in [1.29, 1.82) is 0 Å². The highest BCUT2D eigenvalue weighted by molar-refractivity contribution is 5.99. The molecule has 0 atom stereocenters. The molecule has 0 bridgehead atoms. The Morgan fingerprint density at radius 2 is 1.58 bits per heavy atom. The minimum Gasteiger partial charge on any atom is -0.507 e. The standard InChI is InChI=1S/C20H29NO3/c1-19(2,3)15-10-13(11-16(17(15)23)20(4,5)6)9-14-7-8-21(12-22)18(14)24/h9-11,22-23H,7-8,12H2,1-6H3/b14-9+. The zero-order chi connectivity index (χ0) is 18.3. The molecule has 1 amide bonds. The lowest BCUT2D eigenvalue weighted by Gasteiger charge is -2.28. The van der Waals surface area contributed by atoms with Crippen molar-refractivity contribution in [3.63, 3.8) is 0 Å². The van der Waals surface area contributed by atoms with Crippen LogP contribution in [0.15, 0.2) is 17.7 Å². The van der Waals surface area contributed by atoms with Crippen molar-refractivity contribution in [3.05, 3.63) is 34.4 Å². The van der Waals surface area contributed by atoms with Crippen LogP contribution < -0.4 is 0 Å². The molecule has 1 aliphatic rings. The number of hydrogen-bond donors (Lipinski definition) is 2. The lowest BCUT2D eigenvalue weighted by molar-refractivity contribution is -0.127. The normalized spacial score (nSPS) is 17.9. The van der Waals surface area contributed by atoms with Crippen LogP contribution in [0.5, 0.6) is 5.75 Å². The molecule has 1 saturated heterocycles. The van der Waals surface area contributed by atoms with Crippen LogP contribution in [0.3, 0.4) is 0 Å². The Bertz CT molecular complexity index is 640. The van der Waals surface area contributed by atoms with Crippen molar-refractivity contribution in [3.8, 4) is 5.75 Å². The first kappa shape index (κ1) is 18.5. The summed E-state index contributed by atoms with van der Waals surface area (Å²) in [5.74, 6) is 0.229. The van der Waals surface area contributed by atoms with E-state index in [4.69, 9.17) is 0 Å². The van der Waals surface area contributed by atoms with E-state index >= 15 is 0 Å². The van der Waals surface area contributed by atoms with Crippen molar-refractivity contribution in [2.45, 2.75) is 58.8 Å². The fourth-order valence-corrected chi connectivity index (χ4v) is 3.02. The van der Waals surface area contributed by atoms with E-state index in [1.807, 2.05) is 18.2 Å². The number of benzene rings is 1. The molecule has 4 heteroatoms. The number of nitrogens with zero attached hydrogens (tertiary/aromatic N) is 1. The Morgan fingerprint density at radius 1 is 1.08 bits per heavy atom. The van der Waals surface area contributed by atoms with Crippen LogP contribution in [0.25, 0.3) is 6.08 Å². The lowest BCUT2D eigenvalue weighted by Crippen LogP contribution is -2.25. The van der Waals surface area contributed by atoms with Crippen molar-refractivity contribution < 1.29 is 15.0 Å². The molecule has 24 heavy (non-hydrogen) atoms. The van der Waals surface area contributed by atoms with E-state index < -0.39 is 0 Å². The monoisotopic (exact) mass is 331 g/mol. The number of aliphatic hydroxyl groups excluding tert-OH is 1. The molecule has 0 aromatic heterocycles. The Morgan fingerprint density at radius 3 is 1.96 bits per heavy atom. The van der Waals surface area contributed by atoms with Gasteiger partial charge in [-0.2, -0.15) is 0 Å². The summed E-state index contributed by atoms with van der Waals surface area (Å²) in [5.41, 5.74) is 2.99. The van der Waals surface area contributed by atoms with Crippen molar-refractivity contribution in [2.75, 3.05) is 13.3 Å². The largest absolute Gasteiger partial charge is 0.507 e. The molecule has 0 saturated carbocycles. The quantitative estimate of drug-likeness (QED) is 0.815. The van der Waals surface area contributed by atoms with Gasteiger partial charge < -0.3 is 15.1 Å². The second kappa shape index (κ2) is 6.25. The fraction of sp³-hybridized carbons (Fsp3) is 0.550. The second-order valence-corrected chi connectivity index (χ2v) is 8.59. The number of hydrogen-bond acceptors (Lipinski definition) is 3. The summed E-state index contributed by atoms with van der Waals surface area (Å²) >= 11 is 0. The number of phenolic OH excluding ortho intramolecular Hbond substituents is 1. The predicted molar refractivity (Wildman–Crippen MR) is 96.9 cm³/mol. The average molecular weight is 331 g/mol. The van der Waals surface area contributed by atoms with E-state index in [0.717, 1.165) is 16.7 Å². The molecular formula is C20H29NO3. The molecule has 0 unspecified atom stereocenters. The Kier molecular flexibility index (Phi) is 4.82. The molecule has 2 N–H and O–H groups in total. The second-order valence-electron chi connectivity index (χ2n) is 8.59. The zero-order valence-electron chi connectivity index (χ0n) is 15.6. The van der Waals surface area contributed by atoms with Crippen LogP contribution in [0.1, 0.15) is 64.7 Å². The smallest absolute Gasteiger partial charge is 0.251 e. The number of likely N-dealkylation sites (tertiary alicyclic amines) is 1. The Hall–Kier alpha value is -1.81. The molecule has 1 aromatic rings. The van der Waals surface area contributed by atoms with Crippen molar-refractivity contribution in [2.24, 2.45) is 0 Å². The Balaban J connectivity index is 2.58. The summed E-state index contributed by atoms with van der Waals surface area (Å²) in [4.78, 5) is 13.7. The highest BCUT2D eigenvalue weighted by Gasteiger charge is 2.28. The summed E-state index contributed by atoms with van der Waals surface area (Å²) in [6.45, 7) is 12.7. The van der Waals surface area contributed by atoms with E-state index in [1.54, 1.807) is 0 Å². The van der Waals surface area contributed by atoms with Crippen LogP contribution in [0, 0.1) is 0 Å². The van der Waals surface area contributed by atoms with Crippen LogP contribution in [0.2, 0.25) is 0 Å². The van der Waals surface area contributed by atoms with Gasteiger partial charge >= 0.3 is 0 Å². The molecule has 132 valence electrons. The molecule has 4 nitrogen and oxygen atoms in total. The summed E-state index contributed by atoms with van der Waals surface area (Å²) in [6.07, 6.45) is 2.53. The van der Waals surface area contributed by atoms with Crippen LogP contribution in [-0.4, -0.2) is 34.3 Å². The van der Waals surface area contributed by atoms with Gasteiger partial charge in [-0.05, 0) is 41.0 Å². The van der Waals surface area contributed by atoms with Gasteiger partial charge in [0.25, 0.3) is 5.91 Å². The third-order valence-corrected chi connectivity index (χ3v) is 4.47. The molecule has 0 spiro atoms. The first-order valence-corrected chi connectivity index (χ1v) is 8.44. The number of aromatic hydroxyl groups is 1. The number of rotatable bonds is 2. The van der Waals surface area contributed by atoms with Gasteiger partial charge in [0, 0.05) is 23.2 Å². The SMILES string of the molecule is CC(C)(C)c1cc(/C=C2\CCN(CO)C2=O)cc(C(C)(C)C)c1O. The fourth-order valence-electron chi connectivity index (χ4n) is 3.02. The first-order valence-electron chi connectivity index (χ1n) is 8.44. The first-order chi connectivity index (χ1) is 10.9. The van der Waals surface area contributed by atoms with Crippen LogP contribution in [-0.2, 0) is 15.6 Å². The molecule has 1 aliphatic heterocycles. The van der Waals surface area contributed by atoms with E-state index in [9.17, 15) is 15.0 Å². The summed E-state index contributed by atoms with van der Waals surface area (Å²) < 4.78 is 0. The van der Waals surface area contributed by atoms with Gasteiger partial charge in [-0.1, -0.05) is 41.5 Å². The third-order valence-electron chi connectivity index (χ3n) is 4.47. The summed E-state index contributed by atoms with van der Waals surface area (Å²) in [5, 5.41) is 20.0. The molecule has 0 radical (unpaired) electrons. The number of carbonyl (C=O) groups is 1. The van der Waals surface area contributed by atoms with Gasteiger partial charge in [0.15, 0.2) is 0 Å². The maximum absolute atomic E-state index is 12.2. The summed E-state index contributed by atoms with van der Waals surface area (Å²) in [7, 11) is 0. The zero-order valence-corrected chi connectivity index (χ0v) is 15.6. The average Bonchev–Trinajstić information content (AvgIpc) is 2.78. The Labute approximate surface area is 144 Å². The number of aliphatic hydroxyl groups is 1. The maximum Gasteiger partial charge on any atom is 0.251 e. The van der Waals surface area contributed by atoms with Crippen LogP contribution in [0.4, 0.5) is 0 Å². The highest BCUT2D eigenvalue weighted by Crippen LogP contribution is 2.40. The molecule has 2 rings (SSSR count). The topological polar surface area (TPSA) is 60.8 Å². The predicted octanol–water partition coefficient (Wildman–Crippen LogP) is 3.55. The molecule has 1 fully saturated rings. The van der Waals surface area contributed by atoms with Gasteiger partial charge in [-0.25, -0.2) is 0 Å². The maximum atomic E-state index is 12.2. The van der Waals surface area contributed by atoms with Gasteiger partial charge in [-0.15, -0.1) is 0 Å². The number of carbonyl (C=O) groups excluding carboxylic acids is 1. The van der Waals surface area contributed by atoms with E-state index in [0.29, 0.717) is 24.3 Å². The molecule has 1 heterocycles. The van der Waals surface area contributed by atoms with Crippen molar-refractivity contribution >= 4 is 12.0 Å². The van der Waals surface area contributed by atoms with Gasteiger partial charge in [0.05, 0.1) is 0 Å². The number of phenols is 1. The van der Waals surface area contributed by atoms with E-state index in [-0.39, 0.29) is 23.5 Å². The molecule has 1 aromatic carbocycles. The van der Waals surface area contributed by atoms with Crippen molar-refractivity contribution in [1.82, 2.24) is 4.90 Å². The lowest BCUT2D eigenvalue weighted by atomic mass is 9.78. The van der Waals surface area contributed by atoms with Gasteiger partial charge in [-0.3, -0.25) is 4.79 Å². The number of amides is 1. The highest BCUT2D eigenvalue weighted by atomic mass is 16.3. The van der Waals surface area contributed by atoms with E-state index in [1.165, 1.54) is 4.90 Å². The minimum absolute atomic E-state index is 0.111. The summed E-state index contributed by atoms with van der Waals surface area (Å²) in [6, 6.07) is 3.93. The minimum atomic E-state index is -0.244. The third kappa shape index (κ3) is 3.64. The molecule has 0 aliphatic carbocycles. The van der Waals surface area contributed by atoms with E-state index in [2.05, 4.69) is 41.5 Å². The van der Waals surface area contributed by atoms with Gasteiger partial charge in [0.2, 0.25) is 0 Å². The molecular weight excluding hydrogens is 302 g/mol.